The largest absolute Gasteiger partial charge is 0.241 e. The molecule has 1 N–H and O–H groups in total. The standard InChI is InChI=1S/C18H16FNO2S2/c1-13-4-6-14(7-5-13)18(17-3-2-12-23-17)20-24(21,22)16-10-8-15(19)9-11-16/h2-12,18,20H,1H3/t18-/m1/s1. The summed E-state index contributed by atoms with van der Waals surface area (Å²) in [6.45, 7) is 1.98. The van der Waals surface area contributed by atoms with Crippen LogP contribution < -0.4 is 4.72 Å². The molecule has 0 aliphatic rings. The summed E-state index contributed by atoms with van der Waals surface area (Å²) in [5, 5.41) is 1.91. The molecule has 0 radical (unpaired) electrons. The number of rotatable bonds is 5. The third-order valence-electron chi connectivity index (χ3n) is 3.64. The van der Waals surface area contributed by atoms with Gasteiger partial charge in [0.25, 0.3) is 0 Å². The zero-order valence-corrected chi connectivity index (χ0v) is 14.6. The Labute approximate surface area is 144 Å². The number of hydrogen-bond acceptors (Lipinski definition) is 3. The molecule has 0 spiro atoms. The van der Waals surface area contributed by atoms with Gasteiger partial charge in [0.2, 0.25) is 10.0 Å². The first-order valence-electron chi connectivity index (χ1n) is 7.33. The molecule has 2 aromatic carbocycles. The second-order valence-electron chi connectivity index (χ2n) is 5.43. The lowest BCUT2D eigenvalue weighted by molar-refractivity contribution is 0.572. The normalized spacial score (nSPS) is 12.9. The molecule has 1 aromatic heterocycles. The Kier molecular flexibility index (Phi) is 4.80. The molecule has 0 saturated heterocycles. The fraction of sp³-hybridized carbons (Fsp3) is 0.111. The fourth-order valence-corrected chi connectivity index (χ4v) is 4.42. The smallest absolute Gasteiger partial charge is 0.207 e. The van der Waals surface area contributed by atoms with Gasteiger partial charge in [-0.25, -0.2) is 12.8 Å². The Balaban J connectivity index is 1.97. The van der Waals surface area contributed by atoms with E-state index in [1.165, 1.54) is 23.5 Å². The van der Waals surface area contributed by atoms with Crippen LogP contribution in [0.15, 0.2) is 70.9 Å². The molecule has 24 heavy (non-hydrogen) atoms. The third kappa shape index (κ3) is 3.72. The van der Waals surface area contributed by atoms with Crippen LogP contribution in [0.25, 0.3) is 0 Å². The van der Waals surface area contributed by atoms with Crippen LogP contribution in [-0.2, 0) is 10.0 Å². The average molecular weight is 361 g/mol. The van der Waals surface area contributed by atoms with Crippen molar-refractivity contribution in [2.75, 3.05) is 0 Å². The van der Waals surface area contributed by atoms with Crippen LogP contribution in [0.2, 0.25) is 0 Å². The molecule has 3 nitrogen and oxygen atoms in total. The number of thiophene rings is 1. The molecular weight excluding hydrogens is 345 g/mol. The molecule has 124 valence electrons. The molecule has 3 aromatic rings. The third-order valence-corrected chi connectivity index (χ3v) is 6.01. The molecule has 0 amide bonds. The highest BCUT2D eigenvalue weighted by atomic mass is 32.2. The number of benzene rings is 2. The maximum atomic E-state index is 13.0. The van der Waals surface area contributed by atoms with Crippen LogP contribution in [0, 0.1) is 12.7 Å². The summed E-state index contributed by atoms with van der Waals surface area (Å²) in [5.41, 5.74) is 1.96. The molecule has 0 bridgehead atoms. The Hall–Kier alpha value is -2.02. The van der Waals surface area contributed by atoms with Crippen molar-refractivity contribution in [3.8, 4) is 0 Å². The van der Waals surface area contributed by atoms with Crippen molar-refractivity contribution in [2.24, 2.45) is 0 Å². The van der Waals surface area contributed by atoms with Crippen LogP contribution >= 0.6 is 11.3 Å². The number of halogens is 1. The van der Waals surface area contributed by atoms with Gasteiger partial charge in [-0.3, -0.25) is 0 Å². The van der Waals surface area contributed by atoms with Crippen molar-refractivity contribution in [1.29, 1.82) is 0 Å². The summed E-state index contributed by atoms with van der Waals surface area (Å²) in [6, 6.07) is 15.8. The molecule has 0 aliphatic heterocycles. The van der Waals surface area contributed by atoms with Crippen molar-refractivity contribution in [2.45, 2.75) is 17.9 Å². The number of aryl methyl sites for hydroxylation is 1. The molecule has 0 unspecified atom stereocenters. The quantitative estimate of drug-likeness (QED) is 0.738. The summed E-state index contributed by atoms with van der Waals surface area (Å²) in [5.74, 6) is -0.470. The van der Waals surface area contributed by atoms with Gasteiger partial charge in [0.1, 0.15) is 5.82 Å². The summed E-state index contributed by atoms with van der Waals surface area (Å²) >= 11 is 1.48. The van der Waals surface area contributed by atoms with Gasteiger partial charge in [0, 0.05) is 4.88 Å². The molecule has 1 atom stereocenters. The summed E-state index contributed by atoms with van der Waals surface area (Å²) in [4.78, 5) is 0.933. The number of sulfonamides is 1. The lowest BCUT2D eigenvalue weighted by Crippen LogP contribution is -2.29. The first-order valence-corrected chi connectivity index (χ1v) is 9.70. The highest BCUT2D eigenvalue weighted by Gasteiger charge is 2.23. The van der Waals surface area contributed by atoms with Gasteiger partial charge >= 0.3 is 0 Å². The van der Waals surface area contributed by atoms with E-state index in [1.54, 1.807) is 0 Å². The Morgan fingerprint density at radius 2 is 1.67 bits per heavy atom. The van der Waals surface area contributed by atoms with Crippen molar-refractivity contribution in [3.63, 3.8) is 0 Å². The molecule has 3 rings (SSSR count). The van der Waals surface area contributed by atoms with E-state index in [-0.39, 0.29) is 4.90 Å². The predicted molar refractivity (Wildman–Crippen MR) is 94.1 cm³/mol. The van der Waals surface area contributed by atoms with E-state index in [9.17, 15) is 12.8 Å². The predicted octanol–water partition coefficient (Wildman–Crippen LogP) is 4.26. The second kappa shape index (κ2) is 6.84. The molecular formula is C18H16FNO2S2. The van der Waals surface area contributed by atoms with Crippen LogP contribution in [0.3, 0.4) is 0 Å². The van der Waals surface area contributed by atoms with Gasteiger partial charge in [0.15, 0.2) is 0 Å². The fourth-order valence-electron chi connectivity index (χ4n) is 2.34. The van der Waals surface area contributed by atoms with E-state index in [4.69, 9.17) is 0 Å². The SMILES string of the molecule is Cc1ccc([C@@H](NS(=O)(=O)c2ccc(F)cc2)c2cccs2)cc1. The van der Waals surface area contributed by atoms with Gasteiger partial charge in [-0.05, 0) is 48.2 Å². The molecule has 0 saturated carbocycles. The monoisotopic (exact) mass is 361 g/mol. The van der Waals surface area contributed by atoms with E-state index in [0.29, 0.717) is 0 Å². The lowest BCUT2D eigenvalue weighted by atomic mass is 10.0. The van der Waals surface area contributed by atoms with E-state index in [0.717, 1.165) is 28.1 Å². The number of hydrogen-bond donors (Lipinski definition) is 1. The van der Waals surface area contributed by atoms with Crippen LogP contribution in [0.5, 0.6) is 0 Å². The maximum Gasteiger partial charge on any atom is 0.241 e. The Morgan fingerprint density at radius 3 is 2.25 bits per heavy atom. The second-order valence-corrected chi connectivity index (χ2v) is 8.13. The Morgan fingerprint density at radius 1 is 1.00 bits per heavy atom. The van der Waals surface area contributed by atoms with Crippen LogP contribution in [-0.4, -0.2) is 8.42 Å². The van der Waals surface area contributed by atoms with E-state index in [1.807, 2.05) is 48.7 Å². The highest BCUT2D eigenvalue weighted by molar-refractivity contribution is 7.89. The van der Waals surface area contributed by atoms with Crippen molar-refractivity contribution >= 4 is 21.4 Å². The maximum absolute atomic E-state index is 13.0. The summed E-state index contributed by atoms with van der Waals surface area (Å²) < 4.78 is 41.1. The lowest BCUT2D eigenvalue weighted by Gasteiger charge is -2.18. The van der Waals surface area contributed by atoms with E-state index < -0.39 is 21.9 Å². The summed E-state index contributed by atoms with van der Waals surface area (Å²) in [7, 11) is -3.77. The summed E-state index contributed by atoms with van der Waals surface area (Å²) in [6.07, 6.45) is 0. The van der Waals surface area contributed by atoms with Gasteiger partial charge < -0.3 is 0 Å². The van der Waals surface area contributed by atoms with Crippen molar-refractivity contribution in [3.05, 3.63) is 87.9 Å². The first-order chi connectivity index (χ1) is 11.5. The minimum atomic E-state index is -3.77. The van der Waals surface area contributed by atoms with Crippen molar-refractivity contribution in [1.82, 2.24) is 4.72 Å². The zero-order valence-electron chi connectivity index (χ0n) is 12.9. The average Bonchev–Trinajstić information content (AvgIpc) is 3.08. The topological polar surface area (TPSA) is 46.2 Å². The molecule has 0 fully saturated rings. The molecule has 1 heterocycles. The van der Waals surface area contributed by atoms with Gasteiger partial charge in [-0.1, -0.05) is 35.9 Å². The first kappa shape index (κ1) is 16.8. The van der Waals surface area contributed by atoms with Gasteiger partial charge in [0.05, 0.1) is 10.9 Å². The van der Waals surface area contributed by atoms with E-state index >= 15 is 0 Å². The van der Waals surface area contributed by atoms with Crippen LogP contribution in [0.4, 0.5) is 4.39 Å². The van der Waals surface area contributed by atoms with Gasteiger partial charge in [-0.15, -0.1) is 11.3 Å². The molecule has 6 heteroatoms. The van der Waals surface area contributed by atoms with Crippen LogP contribution in [0.1, 0.15) is 22.0 Å². The zero-order chi connectivity index (χ0) is 17.2. The number of nitrogens with one attached hydrogen (secondary N) is 1. The van der Waals surface area contributed by atoms with Crippen molar-refractivity contribution < 1.29 is 12.8 Å². The minimum Gasteiger partial charge on any atom is -0.207 e. The minimum absolute atomic E-state index is 0.0394. The Bertz CT molecular complexity index is 903. The highest BCUT2D eigenvalue weighted by Crippen LogP contribution is 2.28. The van der Waals surface area contributed by atoms with E-state index in [2.05, 4.69) is 4.72 Å². The van der Waals surface area contributed by atoms with Gasteiger partial charge in [-0.2, -0.15) is 4.72 Å². The molecule has 0 aliphatic carbocycles.